The molecule has 1 heterocycles. The van der Waals surface area contributed by atoms with Crippen LogP contribution in [0.25, 0.3) is 0 Å². The molecule has 0 bridgehead atoms. The van der Waals surface area contributed by atoms with Crippen molar-refractivity contribution in [3.63, 3.8) is 0 Å². The van der Waals surface area contributed by atoms with Crippen LogP contribution < -0.4 is 15.0 Å². The van der Waals surface area contributed by atoms with Crippen molar-refractivity contribution in [1.29, 1.82) is 0 Å². The number of benzene rings is 2. The lowest BCUT2D eigenvalue weighted by molar-refractivity contribution is -0.124. The highest BCUT2D eigenvalue weighted by molar-refractivity contribution is 6.22. The number of carbonyl (C=O) groups is 3. The van der Waals surface area contributed by atoms with Crippen molar-refractivity contribution in [2.75, 3.05) is 37.6 Å². The van der Waals surface area contributed by atoms with Crippen molar-refractivity contribution in [3.05, 3.63) is 54.3 Å². The fourth-order valence-corrected chi connectivity index (χ4v) is 3.20. The fourth-order valence-electron chi connectivity index (χ4n) is 3.20. The third-order valence-corrected chi connectivity index (χ3v) is 4.67. The number of amides is 4. The molecule has 8 nitrogen and oxygen atoms in total. The molecule has 3 rings (SSSR count). The molecule has 158 valence electrons. The highest BCUT2D eigenvalue weighted by Gasteiger charge is 2.46. The number of imide groups is 1. The summed E-state index contributed by atoms with van der Waals surface area (Å²) in [6.45, 7) is 0.350. The molecule has 2 aromatic rings. The number of hydrogen-bond donors (Lipinski definition) is 1. The number of nitrogens with one attached hydrogen (secondary N) is 1. The van der Waals surface area contributed by atoms with Gasteiger partial charge in [0.15, 0.2) is 0 Å². The molecule has 0 spiro atoms. The first-order chi connectivity index (χ1) is 14.4. The minimum absolute atomic E-state index is 0.144. The largest absolute Gasteiger partial charge is 0.497 e. The average Bonchev–Trinajstić information content (AvgIpc) is 2.95. The number of nitrogens with zero attached hydrogens (tertiary/aromatic N) is 2. The first-order valence-corrected chi connectivity index (χ1v) is 9.27. The van der Waals surface area contributed by atoms with Crippen LogP contribution in [0.2, 0.25) is 0 Å². The molecule has 0 aliphatic carbocycles. The summed E-state index contributed by atoms with van der Waals surface area (Å²) in [5, 5.41) is 2.56. The van der Waals surface area contributed by atoms with Crippen LogP contribution in [0.3, 0.4) is 0 Å². The van der Waals surface area contributed by atoms with Gasteiger partial charge in [-0.2, -0.15) is 0 Å². The van der Waals surface area contributed by atoms with Gasteiger partial charge in [0.1, 0.15) is 17.6 Å². The molecule has 1 fully saturated rings. The van der Waals surface area contributed by atoms with E-state index in [9.17, 15) is 18.8 Å². The quantitative estimate of drug-likeness (QED) is 0.670. The first kappa shape index (κ1) is 21.3. The smallest absolute Gasteiger partial charge is 0.332 e. The Morgan fingerprint density at radius 2 is 1.87 bits per heavy atom. The molecule has 1 N–H and O–H groups in total. The first-order valence-electron chi connectivity index (χ1n) is 9.27. The number of hydrogen-bond acceptors (Lipinski definition) is 5. The SMILES string of the molecule is COCCN1C(=O)N(c2ccc(OC)cc2)C(=O)C1CC(=O)Nc1cccc(F)c1. The normalized spacial score (nSPS) is 16.2. The van der Waals surface area contributed by atoms with Gasteiger partial charge in [-0.3, -0.25) is 9.59 Å². The van der Waals surface area contributed by atoms with Crippen LogP contribution in [0.1, 0.15) is 6.42 Å². The minimum Gasteiger partial charge on any atom is -0.497 e. The minimum atomic E-state index is -0.997. The number of ether oxygens (including phenoxy) is 2. The predicted molar refractivity (Wildman–Crippen MR) is 108 cm³/mol. The molecule has 2 aromatic carbocycles. The summed E-state index contributed by atoms with van der Waals surface area (Å²) in [6, 6.07) is 10.4. The van der Waals surface area contributed by atoms with Gasteiger partial charge in [-0.15, -0.1) is 0 Å². The van der Waals surface area contributed by atoms with Gasteiger partial charge in [-0.1, -0.05) is 6.07 Å². The van der Waals surface area contributed by atoms with E-state index in [0.29, 0.717) is 11.4 Å². The fraction of sp³-hybridized carbons (Fsp3) is 0.286. The Bertz CT molecular complexity index is 934. The highest BCUT2D eigenvalue weighted by Crippen LogP contribution is 2.28. The number of methoxy groups -OCH3 is 2. The van der Waals surface area contributed by atoms with Crippen LogP contribution in [0.15, 0.2) is 48.5 Å². The second-order valence-electron chi connectivity index (χ2n) is 6.62. The highest BCUT2D eigenvalue weighted by atomic mass is 19.1. The van der Waals surface area contributed by atoms with E-state index in [0.717, 1.165) is 4.90 Å². The Morgan fingerprint density at radius 1 is 1.13 bits per heavy atom. The van der Waals surface area contributed by atoms with Crippen molar-refractivity contribution in [2.45, 2.75) is 12.5 Å². The van der Waals surface area contributed by atoms with Gasteiger partial charge in [0.25, 0.3) is 5.91 Å². The van der Waals surface area contributed by atoms with Crippen molar-refractivity contribution in [3.8, 4) is 5.75 Å². The summed E-state index contributed by atoms with van der Waals surface area (Å²) in [4.78, 5) is 40.8. The van der Waals surface area contributed by atoms with Crippen LogP contribution >= 0.6 is 0 Å². The van der Waals surface area contributed by atoms with Gasteiger partial charge in [0.2, 0.25) is 5.91 Å². The average molecular weight is 415 g/mol. The van der Waals surface area contributed by atoms with E-state index in [1.807, 2.05) is 0 Å². The van der Waals surface area contributed by atoms with E-state index in [1.54, 1.807) is 24.3 Å². The van der Waals surface area contributed by atoms with Gasteiger partial charge in [-0.05, 0) is 42.5 Å². The Balaban J connectivity index is 1.80. The van der Waals surface area contributed by atoms with Crippen molar-refractivity contribution >= 4 is 29.2 Å². The van der Waals surface area contributed by atoms with E-state index < -0.39 is 29.7 Å². The van der Waals surface area contributed by atoms with Crippen LogP contribution in [0.4, 0.5) is 20.6 Å². The molecular weight excluding hydrogens is 393 g/mol. The topological polar surface area (TPSA) is 88.2 Å². The van der Waals surface area contributed by atoms with Gasteiger partial charge in [0.05, 0.1) is 25.8 Å². The summed E-state index contributed by atoms with van der Waals surface area (Å²) >= 11 is 0. The third-order valence-electron chi connectivity index (χ3n) is 4.67. The Hall–Kier alpha value is -3.46. The maximum atomic E-state index is 13.3. The van der Waals surface area contributed by atoms with Crippen LogP contribution in [-0.2, 0) is 14.3 Å². The molecule has 30 heavy (non-hydrogen) atoms. The monoisotopic (exact) mass is 415 g/mol. The zero-order valence-electron chi connectivity index (χ0n) is 16.6. The zero-order chi connectivity index (χ0) is 21.7. The molecule has 1 saturated heterocycles. The van der Waals surface area contributed by atoms with E-state index >= 15 is 0 Å². The summed E-state index contributed by atoms with van der Waals surface area (Å²) in [5.41, 5.74) is 0.647. The Labute approximate surface area is 173 Å². The molecule has 1 atom stereocenters. The van der Waals surface area contributed by atoms with Gasteiger partial charge < -0.3 is 19.7 Å². The number of carbonyl (C=O) groups excluding carboxylic acids is 3. The molecule has 0 aromatic heterocycles. The van der Waals surface area contributed by atoms with Crippen molar-refractivity contribution in [2.24, 2.45) is 0 Å². The molecular formula is C21H22FN3O5. The van der Waals surface area contributed by atoms with E-state index in [-0.39, 0.29) is 25.3 Å². The zero-order valence-corrected chi connectivity index (χ0v) is 16.6. The Morgan fingerprint density at radius 3 is 2.50 bits per heavy atom. The number of urea groups is 1. The molecule has 4 amide bonds. The lowest BCUT2D eigenvalue weighted by Crippen LogP contribution is -2.39. The standard InChI is InChI=1S/C21H22FN3O5/c1-29-11-10-24-18(13-19(26)23-15-5-3-4-14(22)12-15)20(27)25(21(24)28)16-6-8-17(30-2)9-7-16/h3-9,12,18H,10-11,13H2,1-2H3,(H,23,26). The van der Waals surface area contributed by atoms with E-state index in [2.05, 4.69) is 5.32 Å². The van der Waals surface area contributed by atoms with Crippen LogP contribution in [0, 0.1) is 5.82 Å². The lowest BCUT2D eigenvalue weighted by atomic mass is 10.1. The molecule has 1 unspecified atom stereocenters. The third kappa shape index (κ3) is 4.57. The summed E-state index contributed by atoms with van der Waals surface area (Å²) < 4.78 is 23.5. The molecule has 0 radical (unpaired) electrons. The van der Waals surface area contributed by atoms with Crippen LogP contribution in [0.5, 0.6) is 5.75 Å². The van der Waals surface area contributed by atoms with Gasteiger partial charge in [0, 0.05) is 19.3 Å². The summed E-state index contributed by atoms with van der Waals surface area (Å²) in [5.74, 6) is -0.936. The second kappa shape index (κ2) is 9.36. The van der Waals surface area contributed by atoms with E-state index in [4.69, 9.17) is 9.47 Å². The van der Waals surface area contributed by atoms with Gasteiger partial charge in [-0.25, -0.2) is 14.1 Å². The van der Waals surface area contributed by atoms with Crippen LogP contribution in [-0.4, -0.2) is 56.2 Å². The maximum Gasteiger partial charge on any atom is 0.332 e. The number of halogens is 1. The summed E-state index contributed by atoms with van der Waals surface area (Å²) in [7, 11) is 3.00. The van der Waals surface area contributed by atoms with Crippen molar-refractivity contribution < 1.29 is 28.2 Å². The van der Waals surface area contributed by atoms with Gasteiger partial charge >= 0.3 is 6.03 Å². The summed E-state index contributed by atoms with van der Waals surface area (Å²) in [6.07, 6.45) is -0.266. The van der Waals surface area contributed by atoms with E-state index in [1.165, 1.54) is 43.4 Å². The predicted octanol–water partition coefficient (Wildman–Crippen LogP) is 2.65. The van der Waals surface area contributed by atoms with Crippen molar-refractivity contribution in [1.82, 2.24) is 4.90 Å². The number of anilines is 2. The molecule has 1 aliphatic rings. The Kier molecular flexibility index (Phi) is 6.63. The lowest BCUT2D eigenvalue weighted by Gasteiger charge is -2.21. The molecule has 1 aliphatic heterocycles. The molecule has 9 heteroatoms. The second-order valence-corrected chi connectivity index (χ2v) is 6.62. The maximum absolute atomic E-state index is 13.3. The molecule has 0 saturated carbocycles. The number of rotatable bonds is 8.